The van der Waals surface area contributed by atoms with Crippen LogP contribution in [-0.4, -0.2) is 35.2 Å². The van der Waals surface area contributed by atoms with Gasteiger partial charge in [-0.05, 0) is 102 Å². The molecule has 0 atom stereocenters. The van der Waals surface area contributed by atoms with E-state index in [4.69, 9.17) is 9.97 Å². The van der Waals surface area contributed by atoms with Gasteiger partial charge in [0.05, 0.1) is 27.8 Å². The lowest BCUT2D eigenvalue weighted by atomic mass is 10.1. The van der Waals surface area contributed by atoms with E-state index in [1.165, 1.54) is 57.8 Å². The molecule has 0 fully saturated rings. The molecule has 1 aliphatic heterocycles. The molecule has 350 valence electrons. The Kier molecular flexibility index (Phi) is 10.4. The van der Waals surface area contributed by atoms with Gasteiger partial charge in [0.2, 0.25) is 0 Å². The van der Waals surface area contributed by atoms with Gasteiger partial charge in [0, 0.05) is 41.0 Å². The Balaban J connectivity index is 1.14. The Hall–Kier alpha value is -9.15. The van der Waals surface area contributed by atoms with E-state index in [1.54, 1.807) is 0 Å². The van der Waals surface area contributed by atoms with E-state index in [9.17, 15) is 0 Å². The van der Waals surface area contributed by atoms with E-state index in [-0.39, 0.29) is 0 Å². The molecule has 0 radical (unpaired) electrons. The fraction of sp³-hybridized carbons (Fsp3) is 0.0149. The van der Waals surface area contributed by atoms with Crippen LogP contribution in [0.4, 0.5) is 17.2 Å². The number of fused-ring (bicyclic) bond motifs is 6. The molecule has 0 saturated heterocycles. The first-order valence-corrected chi connectivity index (χ1v) is 29.4. The monoisotopic (exact) mass is 979 g/mol. The van der Waals surface area contributed by atoms with Crippen LogP contribution in [0.2, 0.25) is 0 Å². The van der Waals surface area contributed by atoms with Crippen molar-refractivity contribution in [3.63, 3.8) is 0 Å². The van der Waals surface area contributed by atoms with Gasteiger partial charge in [-0.15, -0.1) is 0 Å². The molecular weight excluding hydrogens is 931 g/mol. The lowest BCUT2D eigenvalue weighted by Gasteiger charge is -2.45. The Morgan fingerprint density at radius 2 is 0.973 bits per heavy atom. The number of hydrogen-bond donors (Lipinski definition) is 0. The molecule has 7 heteroatoms. The summed E-state index contributed by atoms with van der Waals surface area (Å²) in [6.07, 6.45) is 1.94. The number of nitrogens with zero attached hydrogens (tertiary/aromatic N) is 5. The number of rotatable bonds is 9. The van der Waals surface area contributed by atoms with E-state index >= 15 is 0 Å². The van der Waals surface area contributed by atoms with Crippen molar-refractivity contribution in [1.29, 1.82) is 0 Å². The summed E-state index contributed by atoms with van der Waals surface area (Å²) >= 11 is 0. The Labute approximate surface area is 432 Å². The second-order valence-electron chi connectivity index (χ2n) is 19.4. The molecule has 3 aromatic heterocycles. The molecule has 0 spiro atoms. The third-order valence-corrected chi connectivity index (χ3v) is 25.2. The van der Waals surface area contributed by atoms with Crippen molar-refractivity contribution in [1.82, 2.24) is 19.1 Å². The standard InChI is InChI=1S/C67H49N5Si2/c1-70-60-39-20-18-37-58(60)69-67(70)48-24-23-35-54(44-48)73(50-27-9-3-10-28-50,51-29-11-4-12-30-51)55-41-42-64-62(45-55)72(66-40-21-22-43-68-66)63-47-61-57(56-36-17-19-38-59(56)71(61)49-25-7-2-8-26-49)46-65(63)74(64,52-31-13-5-14-32-52)53-33-15-6-16-34-53/h2-47H,1H3. The number of hydrogen-bond acceptors (Lipinski definition) is 3. The summed E-state index contributed by atoms with van der Waals surface area (Å²) in [5, 5.41) is 12.9. The average Bonchev–Trinajstić information content (AvgIpc) is 4.09. The minimum Gasteiger partial charge on any atom is -0.327 e. The van der Waals surface area contributed by atoms with Gasteiger partial charge in [0.15, 0.2) is 16.1 Å². The molecule has 0 saturated carbocycles. The van der Waals surface area contributed by atoms with E-state index in [0.717, 1.165) is 50.8 Å². The summed E-state index contributed by atoms with van der Waals surface area (Å²) in [6.45, 7) is 0. The number of pyridine rings is 1. The first-order valence-electron chi connectivity index (χ1n) is 25.4. The number of anilines is 3. The zero-order valence-electron chi connectivity index (χ0n) is 40.8. The molecule has 0 N–H and O–H groups in total. The minimum atomic E-state index is -3.20. The van der Waals surface area contributed by atoms with E-state index in [0.29, 0.717) is 0 Å². The van der Waals surface area contributed by atoms with E-state index < -0.39 is 16.1 Å². The number of para-hydroxylation sites is 4. The smallest absolute Gasteiger partial charge is 0.184 e. The summed E-state index contributed by atoms with van der Waals surface area (Å²) in [7, 11) is -4.26. The second kappa shape index (κ2) is 17.6. The molecule has 0 bridgehead atoms. The third-order valence-electron chi connectivity index (χ3n) is 15.6. The van der Waals surface area contributed by atoms with Crippen molar-refractivity contribution in [2.75, 3.05) is 4.90 Å². The summed E-state index contributed by atoms with van der Waals surface area (Å²) in [5.41, 5.74) is 8.91. The number of aromatic nitrogens is 4. The van der Waals surface area contributed by atoms with Crippen molar-refractivity contribution in [3.8, 4) is 17.1 Å². The first-order chi connectivity index (χ1) is 36.6. The molecule has 13 aromatic rings. The van der Waals surface area contributed by atoms with Crippen molar-refractivity contribution in [2.45, 2.75) is 0 Å². The van der Waals surface area contributed by atoms with Crippen molar-refractivity contribution in [3.05, 3.63) is 279 Å². The van der Waals surface area contributed by atoms with Crippen molar-refractivity contribution in [2.24, 2.45) is 7.05 Å². The van der Waals surface area contributed by atoms with Crippen LogP contribution >= 0.6 is 0 Å². The molecule has 0 unspecified atom stereocenters. The maximum atomic E-state index is 5.27. The van der Waals surface area contributed by atoms with Crippen LogP contribution < -0.4 is 46.4 Å². The zero-order valence-corrected chi connectivity index (χ0v) is 42.8. The number of benzene rings is 10. The Bertz CT molecular complexity index is 4120. The van der Waals surface area contributed by atoms with Crippen LogP contribution in [0.25, 0.3) is 49.9 Å². The van der Waals surface area contributed by atoms with Gasteiger partial charge < -0.3 is 9.13 Å². The van der Waals surface area contributed by atoms with Gasteiger partial charge in [0.25, 0.3) is 0 Å². The lowest BCUT2D eigenvalue weighted by Crippen LogP contribution is -2.78. The number of imidazole rings is 1. The summed E-state index contributed by atoms with van der Waals surface area (Å²) in [5.74, 6) is 1.81. The molecule has 0 amide bonds. The fourth-order valence-electron chi connectivity index (χ4n) is 12.5. The van der Waals surface area contributed by atoms with Crippen LogP contribution in [0.3, 0.4) is 0 Å². The Morgan fingerprint density at radius 3 is 1.64 bits per heavy atom. The van der Waals surface area contributed by atoms with Crippen LogP contribution in [0.1, 0.15) is 0 Å². The van der Waals surface area contributed by atoms with Gasteiger partial charge in [-0.3, -0.25) is 4.90 Å². The van der Waals surface area contributed by atoms with Crippen molar-refractivity contribution >= 4 is 108 Å². The highest BCUT2D eigenvalue weighted by atomic mass is 28.3. The second-order valence-corrected chi connectivity index (χ2v) is 26.9. The van der Waals surface area contributed by atoms with E-state index in [1.807, 2.05) is 12.3 Å². The van der Waals surface area contributed by atoms with Crippen LogP contribution in [0, 0.1) is 0 Å². The first kappa shape index (κ1) is 43.6. The predicted molar refractivity (Wildman–Crippen MR) is 314 cm³/mol. The maximum Gasteiger partial charge on any atom is 0.184 e. The summed E-state index contributed by atoms with van der Waals surface area (Å²) in [4.78, 5) is 13.0. The van der Waals surface area contributed by atoms with Gasteiger partial charge in [-0.2, -0.15) is 0 Å². The topological polar surface area (TPSA) is 38.9 Å². The fourth-order valence-corrected chi connectivity index (χ4v) is 22.3. The highest BCUT2D eigenvalue weighted by molar-refractivity contribution is 7.22. The molecule has 74 heavy (non-hydrogen) atoms. The van der Waals surface area contributed by atoms with Gasteiger partial charge in [-0.25, -0.2) is 9.97 Å². The van der Waals surface area contributed by atoms with Crippen LogP contribution in [-0.2, 0) is 7.05 Å². The van der Waals surface area contributed by atoms with E-state index in [2.05, 4.69) is 288 Å². The molecule has 1 aliphatic rings. The quantitative estimate of drug-likeness (QED) is 0.107. The molecule has 14 rings (SSSR count). The Morgan fingerprint density at radius 1 is 0.405 bits per heavy atom. The van der Waals surface area contributed by atoms with Gasteiger partial charge in [-0.1, -0.05) is 212 Å². The molecule has 5 nitrogen and oxygen atoms in total. The minimum absolute atomic E-state index is 0.869. The SMILES string of the molecule is Cn1c(-c2cccc([Si](c3ccccc3)(c3ccccc3)c3ccc4c(c3)N(c3ccccn3)c3cc5c(cc3[Si]4(c3ccccc3)c3ccccc3)c3ccccc3n5-c3ccccc3)c2)nc2ccccc21. The lowest BCUT2D eigenvalue weighted by molar-refractivity contribution is 0.959. The molecular formula is C67H49N5Si2. The third kappa shape index (κ3) is 6.53. The number of aryl methyl sites for hydroxylation is 1. The average molecular weight is 980 g/mol. The largest absolute Gasteiger partial charge is 0.327 e. The summed E-state index contributed by atoms with van der Waals surface area (Å²) in [6, 6.07) is 102. The summed E-state index contributed by atoms with van der Waals surface area (Å²) < 4.78 is 4.68. The molecule has 10 aromatic carbocycles. The van der Waals surface area contributed by atoms with Crippen LogP contribution in [0.5, 0.6) is 0 Å². The maximum absolute atomic E-state index is 5.27. The zero-order chi connectivity index (χ0) is 49.2. The van der Waals surface area contributed by atoms with Crippen molar-refractivity contribution < 1.29 is 0 Å². The predicted octanol–water partition coefficient (Wildman–Crippen LogP) is 10.3. The highest BCUT2D eigenvalue weighted by Crippen LogP contribution is 2.42. The molecule has 0 aliphatic carbocycles. The normalized spacial score (nSPS) is 13.0. The highest BCUT2D eigenvalue weighted by Gasteiger charge is 2.51. The van der Waals surface area contributed by atoms with Gasteiger partial charge in [0.1, 0.15) is 11.6 Å². The van der Waals surface area contributed by atoms with Crippen LogP contribution in [0.15, 0.2) is 279 Å². The molecule has 4 heterocycles. The van der Waals surface area contributed by atoms with Gasteiger partial charge >= 0.3 is 0 Å².